The van der Waals surface area contributed by atoms with Crippen LogP contribution < -0.4 is 4.90 Å². The lowest BCUT2D eigenvalue weighted by atomic mass is 9.69. The van der Waals surface area contributed by atoms with Crippen molar-refractivity contribution in [1.82, 2.24) is 0 Å². The zero-order valence-corrected chi connectivity index (χ0v) is 19.6. The molecule has 0 fully saturated rings. The molecular formula is C27H23ClN2O4. The van der Waals surface area contributed by atoms with E-state index in [4.69, 9.17) is 11.6 Å². The molecule has 172 valence electrons. The molecule has 7 heteroatoms. The summed E-state index contributed by atoms with van der Waals surface area (Å²) in [4.78, 5) is 39.6. The van der Waals surface area contributed by atoms with Gasteiger partial charge in [-0.15, -0.1) is 0 Å². The lowest BCUT2D eigenvalue weighted by molar-refractivity contribution is -0.384. The number of halogens is 1. The first-order valence-electron chi connectivity index (χ1n) is 11.2. The van der Waals surface area contributed by atoms with E-state index < -0.39 is 4.92 Å². The Labute approximate surface area is 202 Å². The van der Waals surface area contributed by atoms with Crippen LogP contribution in [-0.2, 0) is 9.59 Å². The van der Waals surface area contributed by atoms with Gasteiger partial charge in [0.1, 0.15) is 0 Å². The molecule has 0 saturated carbocycles. The van der Waals surface area contributed by atoms with Crippen molar-refractivity contribution in [2.24, 2.45) is 5.41 Å². The molecule has 0 radical (unpaired) electrons. The number of fused-ring (bicyclic) bond motifs is 1. The van der Waals surface area contributed by atoms with E-state index in [-0.39, 0.29) is 45.8 Å². The number of anilines is 1. The van der Waals surface area contributed by atoms with Crippen molar-refractivity contribution < 1.29 is 14.5 Å². The molecule has 3 aromatic rings. The first-order chi connectivity index (χ1) is 16.2. The number of hydrogen-bond donors (Lipinski definition) is 0. The molecule has 2 aliphatic rings. The fourth-order valence-electron chi connectivity index (χ4n) is 5.30. The molecule has 1 unspecified atom stereocenters. The van der Waals surface area contributed by atoms with Crippen LogP contribution in [0.15, 0.2) is 71.9 Å². The van der Waals surface area contributed by atoms with Crippen LogP contribution in [0.5, 0.6) is 0 Å². The third-order valence-electron chi connectivity index (χ3n) is 6.72. The molecule has 3 aromatic carbocycles. The second-order valence-electron chi connectivity index (χ2n) is 9.75. The summed E-state index contributed by atoms with van der Waals surface area (Å²) < 4.78 is 0. The predicted molar refractivity (Wildman–Crippen MR) is 132 cm³/mol. The molecule has 0 aromatic heterocycles. The average Bonchev–Trinajstić information content (AvgIpc) is 2.78. The quantitative estimate of drug-likeness (QED) is 0.318. The summed E-state index contributed by atoms with van der Waals surface area (Å²) in [6, 6.07) is 17.9. The highest BCUT2D eigenvalue weighted by Gasteiger charge is 2.45. The molecule has 34 heavy (non-hydrogen) atoms. The Bertz CT molecular complexity index is 1400. The number of nitro groups is 1. The van der Waals surface area contributed by atoms with Gasteiger partial charge >= 0.3 is 0 Å². The molecular weight excluding hydrogens is 452 g/mol. The monoisotopic (exact) mass is 474 g/mol. The lowest BCUT2D eigenvalue weighted by Gasteiger charge is -2.43. The zero-order valence-electron chi connectivity index (χ0n) is 18.9. The van der Waals surface area contributed by atoms with Crippen LogP contribution in [0, 0.1) is 15.5 Å². The number of ketones is 1. The molecule has 6 nitrogen and oxygen atoms in total. The van der Waals surface area contributed by atoms with Crippen LogP contribution in [0.25, 0.3) is 10.8 Å². The summed E-state index contributed by atoms with van der Waals surface area (Å²) in [7, 11) is 0. The molecule has 5 rings (SSSR count). The van der Waals surface area contributed by atoms with Crippen molar-refractivity contribution in [3.63, 3.8) is 0 Å². The maximum atomic E-state index is 13.7. The Hall–Kier alpha value is -3.51. The van der Waals surface area contributed by atoms with Gasteiger partial charge in [0.05, 0.1) is 15.6 Å². The fourth-order valence-corrected chi connectivity index (χ4v) is 5.50. The molecule has 1 aliphatic carbocycles. The summed E-state index contributed by atoms with van der Waals surface area (Å²) in [6.07, 6.45) is 0.940. The first kappa shape index (κ1) is 22.3. The Morgan fingerprint density at radius 1 is 1.03 bits per heavy atom. The van der Waals surface area contributed by atoms with Crippen molar-refractivity contribution in [3.05, 3.63) is 92.6 Å². The van der Waals surface area contributed by atoms with E-state index in [1.54, 1.807) is 0 Å². The number of benzene rings is 3. The predicted octanol–water partition coefficient (Wildman–Crippen LogP) is 6.57. The van der Waals surface area contributed by atoms with E-state index in [2.05, 4.69) is 0 Å². The highest BCUT2D eigenvalue weighted by molar-refractivity contribution is 6.34. The zero-order chi connectivity index (χ0) is 24.2. The molecule has 1 heterocycles. The molecule has 0 saturated heterocycles. The van der Waals surface area contributed by atoms with Crippen molar-refractivity contribution in [2.45, 2.75) is 39.0 Å². The Morgan fingerprint density at radius 2 is 1.76 bits per heavy atom. The van der Waals surface area contributed by atoms with Gasteiger partial charge in [-0.25, -0.2) is 0 Å². The van der Waals surface area contributed by atoms with Gasteiger partial charge in [0.2, 0.25) is 5.91 Å². The topological polar surface area (TPSA) is 80.5 Å². The number of nitro benzene ring substituents is 1. The summed E-state index contributed by atoms with van der Waals surface area (Å²) >= 11 is 6.45. The minimum atomic E-state index is -0.515. The van der Waals surface area contributed by atoms with Crippen LogP contribution in [-0.4, -0.2) is 16.6 Å². The average molecular weight is 475 g/mol. The van der Waals surface area contributed by atoms with Crippen molar-refractivity contribution in [3.8, 4) is 0 Å². The van der Waals surface area contributed by atoms with Gasteiger partial charge < -0.3 is 0 Å². The van der Waals surface area contributed by atoms with E-state index in [0.29, 0.717) is 24.1 Å². The van der Waals surface area contributed by atoms with Crippen LogP contribution in [0.1, 0.15) is 44.6 Å². The van der Waals surface area contributed by atoms with E-state index in [9.17, 15) is 19.7 Å². The van der Waals surface area contributed by atoms with E-state index in [1.807, 2.05) is 56.3 Å². The summed E-state index contributed by atoms with van der Waals surface area (Å²) in [5, 5.41) is 13.7. The summed E-state index contributed by atoms with van der Waals surface area (Å²) in [6.45, 7) is 3.99. The number of rotatable bonds is 3. The SMILES string of the molecule is CC1(C)CC(=O)C2=C(C1)N(c1cc([N+](=O)[O-])ccc1Cl)C(=O)CC2c1cccc2ccccc12. The van der Waals surface area contributed by atoms with Crippen LogP contribution in [0.4, 0.5) is 11.4 Å². The molecule has 1 amide bonds. The van der Waals surface area contributed by atoms with Gasteiger partial charge in [-0.3, -0.25) is 24.6 Å². The number of hydrogen-bond acceptors (Lipinski definition) is 4. The van der Waals surface area contributed by atoms with Crippen molar-refractivity contribution in [2.75, 3.05) is 4.90 Å². The van der Waals surface area contributed by atoms with Gasteiger partial charge in [-0.2, -0.15) is 0 Å². The van der Waals surface area contributed by atoms with E-state index in [0.717, 1.165) is 16.3 Å². The summed E-state index contributed by atoms with van der Waals surface area (Å²) in [5.74, 6) is -0.612. The number of nitrogens with zero attached hydrogens (tertiary/aromatic N) is 2. The number of carbonyl (C=O) groups excluding carboxylic acids is 2. The van der Waals surface area contributed by atoms with Crippen LogP contribution in [0.3, 0.4) is 0 Å². The van der Waals surface area contributed by atoms with Gasteiger partial charge in [-0.1, -0.05) is 67.9 Å². The largest absolute Gasteiger partial charge is 0.294 e. The first-order valence-corrected chi connectivity index (χ1v) is 11.5. The number of amides is 1. The maximum Gasteiger partial charge on any atom is 0.271 e. The number of non-ortho nitro benzene ring substituents is 1. The smallest absolute Gasteiger partial charge is 0.271 e. The van der Waals surface area contributed by atoms with Gasteiger partial charge in [0.15, 0.2) is 5.78 Å². The minimum Gasteiger partial charge on any atom is -0.294 e. The van der Waals surface area contributed by atoms with Crippen LogP contribution in [0.2, 0.25) is 5.02 Å². The maximum absolute atomic E-state index is 13.7. The fraction of sp³-hybridized carbons (Fsp3) is 0.259. The molecule has 0 spiro atoms. The molecule has 1 atom stereocenters. The lowest BCUT2D eigenvalue weighted by Crippen LogP contribution is -2.43. The van der Waals surface area contributed by atoms with Gasteiger partial charge in [0, 0.05) is 42.2 Å². The number of carbonyl (C=O) groups is 2. The summed E-state index contributed by atoms with van der Waals surface area (Å²) in [5.41, 5.74) is 1.87. The number of Topliss-reactive ketones (excluding diaryl/α,β-unsaturated/α-hetero) is 1. The Morgan fingerprint density at radius 3 is 2.53 bits per heavy atom. The van der Waals surface area contributed by atoms with E-state index in [1.165, 1.54) is 23.1 Å². The van der Waals surface area contributed by atoms with Crippen LogP contribution >= 0.6 is 11.6 Å². The highest BCUT2D eigenvalue weighted by Crippen LogP contribution is 2.50. The molecule has 0 bridgehead atoms. The van der Waals surface area contributed by atoms with Crippen molar-refractivity contribution in [1.29, 1.82) is 0 Å². The second kappa shape index (κ2) is 8.06. The standard InChI is InChI=1S/C27H23ClN2O4/c1-27(2)14-23-26(24(31)15-27)20(19-9-5-7-16-6-3-4-8-18(16)19)13-25(32)29(23)22-12-17(30(33)34)10-11-21(22)28/h3-12,20H,13-15H2,1-2H3. The molecule has 1 aliphatic heterocycles. The minimum absolute atomic E-state index is 0.00300. The van der Waals surface area contributed by atoms with Gasteiger partial charge in [-0.05, 0) is 34.2 Å². The molecule has 0 N–H and O–H groups in total. The van der Waals surface area contributed by atoms with Gasteiger partial charge in [0.25, 0.3) is 5.69 Å². The highest BCUT2D eigenvalue weighted by atomic mass is 35.5. The normalized spacial score (nSPS) is 20.0. The third-order valence-corrected chi connectivity index (χ3v) is 7.04. The Kier molecular flexibility index (Phi) is 5.29. The number of allylic oxidation sites excluding steroid dienone is 2. The third kappa shape index (κ3) is 3.68. The Balaban J connectivity index is 1.75. The second-order valence-corrected chi connectivity index (χ2v) is 10.2. The van der Waals surface area contributed by atoms with E-state index >= 15 is 0 Å². The van der Waals surface area contributed by atoms with Crippen molar-refractivity contribution >= 4 is 45.4 Å².